The van der Waals surface area contributed by atoms with E-state index in [4.69, 9.17) is 9.47 Å². The number of hydrogen-bond acceptors (Lipinski definition) is 4. The maximum absolute atomic E-state index is 13.7. The van der Waals surface area contributed by atoms with Crippen LogP contribution in [0.15, 0.2) is 36.4 Å². The topological polar surface area (TPSA) is 74.9 Å². The number of fused-ring (bicyclic) bond motifs is 1. The quantitative estimate of drug-likeness (QED) is 0.512. The summed E-state index contributed by atoms with van der Waals surface area (Å²) in [6.07, 6.45) is 3.99. The van der Waals surface area contributed by atoms with E-state index in [9.17, 15) is 9.59 Å². The fourth-order valence-corrected chi connectivity index (χ4v) is 5.56. The molecule has 1 aromatic carbocycles. The van der Waals surface area contributed by atoms with Crippen molar-refractivity contribution in [2.24, 2.45) is 0 Å². The molecule has 0 spiro atoms. The smallest absolute Gasteiger partial charge is 0.410 e. The Bertz CT molecular complexity index is 1090. The molecule has 2 aromatic rings. The van der Waals surface area contributed by atoms with Gasteiger partial charge in [-0.1, -0.05) is 30.3 Å². The lowest BCUT2D eigenvalue weighted by Gasteiger charge is -2.41. The third kappa shape index (κ3) is 6.75. The molecule has 2 amide bonds. The summed E-state index contributed by atoms with van der Waals surface area (Å²) < 4.78 is 11.8. The van der Waals surface area contributed by atoms with Crippen LogP contribution in [0.5, 0.6) is 0 Å². The van der Waals surface area contributed by atoms with Crippen molar-refractivity contribution in [3.63, 3.8) is 0 Å². The molecular weight excluding hydrogens is 466 g/mol. The molecule has 0 saturated heterocycles. The van der Waals surface area contributed by atoms with Gasteiger partial charge in [0.2, 0.25) is 0 Å². The Labute approximate surface area is 221 Å². The second-order valence-electron chi connectivity index (χ2n) is 12.1. The van der Waals surface area contributed by atoms with Crippen molar-refractivity contribution in [2.75, 3.05) is 6.54 Å². The normalized spacial score (nSPS) is 21.1. The maximum atomic E-state index is 13.7. The van der Waals surface area contributed by atoms with Crippen LogP contribution in [0.2, 0.25) is 0 Å². The first-order valence-corrected chi connectivity index (χ1v) is 13.6. The summed E-state index contributed by atoms with van der Waals surface area (Å²) in [6.45, 7) is 13.5. The molecule has 0 bridgehead atoms. The molecule has 1 N–H and O–H groups in total. The van der Waals surface area contributed by atoms with Gasteiger partial charge in [0.15, 0.2) is 0 Å². The van der Waals surface area contributed by atoms with E-state index in [-0.39, 0.29) is 29.7 Å². The van der Waals surface area contributed by atoms with Gasteiger partial charge in [-0.3, -0.25) is 4.79 Å². The summed E-state index contributed by atoms with van der Waals surface area (Å²) in [4.78, 5) is 34.3. The minimum atomic E-state index is -0.573. The predicted molar refractivity (Wildman–Crippen MR) is 144 cm³/mol. The molecule has 7 heteroatoms. The van der Waals surface area contributed by atoms with E-state index in [0.29, 0.717) is 25.4 Å². The number of carbonyl (C=O) groups is 2. The largest absolute Gasteiger partial charge is 0.444 e. The lowest BCUT2D eigenvalue weighted by Crippen LogP contribution is -2.50. The van der Waals surface area contributed by atoms with Crippen LogP contribution in [0.4, 0.5) is 4.79 Å². The molecule has 4 rings (SSSR count). The molecule has 2 aliphatic rings. The van der Waals surface area contributed by atoms with Gasteiger partial charge in [-0.2, -0.15) is 0 Å². The molecule has 202 valence electrons. The van der Waals surface area contributed by atoms with E-state index in [1.165, 1.54) is 0 Å². The van der Waals surface area contributed by atoms with Gasteiger partial charge < -0.3 is 24.3 Å². The molecule has 2 heterocycles. The summed E-state index contributed by atoms with van der Waals surface area (Å²) in [5.74, 6) is 0.0206. The molecule has 1 aliphatic heterocycles. The summed E-state index contributed by atoms with van der Waals surface area (Å²) in [7, 11) is 0. The Morgan fingerprint density at radius 3 is 2.43 bits per heavy atom. The average Bonchev–Trinajstić information content (AvgIpc) is 3.25. The summed E-state index contributed by atoms with van der Waals surface area (Å²) in [5.41, 5.74) is 3.06. The second-order valence-corrected chi connectivity index (χ2v) is 12.1. The number of nitrogens with zero attached hydrogens (tertiary/aromatic N) is 2. The SMILES string of the molecule is CCN(C(=O)c1cc2c([nH]1)CC(C)(C)OC2)[C@H]1CCC[C@@H](N(Cc2ccccc2)C(=O)OC(C)(C)C)C1. The Kier molecular flexibility index (Phi) is 8.02. The van der Waals surface area contributed by atoms with Crippen molar-refractivity contribution in [1.29, 1.82) is 0 Å². The van der Waals surface area contributed by atoms with E-state index in [1.54, 1.807) is 0 Å². The first-order valence-electron chi connectivity index (χ1n) is 13.6. The van der Waals surface area contributed by atoms with Gasteiger partial charge in [0, 0.05) is 37.3 Å². The molecule has 0 unspecified atom stereocenters. The fraction of sp³-hybridized carbons (Fsp3) is 0.600. The van der Waals surface area contributed by atoms with Crippen LogP contribution in [0.3, 0.4) is 0 Å². The molecule has 1 saturated carbocycles. The molecule has 37 heavy (non-hydrogen) atoms. The van der Waals surface area contributed by atoms with Gasteiger partial charge >= 0.3 is 6.09 Å². The molecule has 1 fully saturated rings. The molecule has 7 nitrogen and oxygen atoms in total. The van der Waals surface area contributed by atoms with Gasteiger partial charge in [0.1, 0.15) is 11.3 Å². The average molecular weight is 510 g/mol. The van der Waals surface area contributed by atoms with Crippen LogP contribution in [-0.2, 0) is 29.0 Å². The maximum Gasteiger partial charge on any atom is 0.410 e. The van der Waals surface area contributed by atoms with E-state index >= 15 is 0 Å². The number of ether oxygens (including phenoxy) is 2. The van der Waals surface area contributed by atoms with E-state index in [1.807, 2.05) is 73.9 Å². The minimum Gasteiger partial charge on any atom is -0.444 e. The van der Waals surface area contributed by atoms with Crippen molar-refractivity contribution in [2.45, 2.75) is 110 Å². The molecule has 2 atom stereocenters. The Morgan fingerprint density at radius 1 is 1.11 bits per heavy atom. The molecule has 1 aromatic heterocycles. The Morgan fingerprint density at radius 2 is 1.78 bits per heavy atom. The number of aromatic nitrogens is 1. The first kappa shape index (κ1) is 27.2. The highest BCUT2D eigenvalue weighted by Crippen LogP contribution is 2.32. The molecule has 0 radical (unpaired) electrons. The van der Waals surface area contributed by atoms with Gasteiger partial charge in [-0.05, 0) is 84.4 Å². The number of aromatic amines is 1. The zero-order chi connectivity index (χ0) is 26.8. The number of nitrogens with one attached hydrogen (secondary N) is 1. The van der Waals surface area contributed by atoms with E-state index in [2.05, 4.69) is 18.8 Å². The van der Waals surface area contributed by atoms with Crippen molar-refractivity contribution >= 4 is 12.0 Å². The monoisotopic (exact) mass is 509 g/mol. The van der Waals surface area contributed by atoms with Crippen LogP contribution >= 0.6 is 0 Å². The van der Waals surface area contributed by atoms with Gasteiger partial charge in [-0.15, -0.1) is 0 Å². The minimum absolute atomic E-state index is 0.00158. The van der Waals surface area contributed by atoms with Gasteiger partial charge in [0.25, 0.3) is 5.91 Å². The standard InChI is InChI=1S/C30H43N3O4/c1-7-32(27(34)25-16-22-20-36-30(5,6)18-26(22)31-25)23-14-11-15-24(17-23)33(28(35)37-29(2,3)4)19-21-12-9-8-10-13-21/h8-10,12-13,16,23-24,31H,7,11,14-15,17-20H2,1-6H3/t23-,24+/m0/s1. The first-order chi connectivity index (χ1) is 17.5. The summed E-state index contributed by atoms with van der Waals surface area (Å²) >= 11 is 0. The van der Waals surface area contributed by atoms with Crippen LogP contribution < -0.4 is 0 Å². The van der Waals surface area contributed by atoms with E-state index < -0.39 is 5.60 Å². The third-order valence-electron chi connectivity index (χ3n) is 7.37. The highest BCUT2D eigenvalue weighted by Gasteiger charge is 2.36. The molecular formula is C30H43N3O4. The van der Waals surface area contributed by atoms with E-state index in [0.717, 1.165) is 48.9 Å². The van der Waals surface area contributed by atoms with Crippen LogP contribution in [-0.4, -0.2) is 56.6 Å². The highest BCUT2D eigenvalue weighted by molar-refractivity contribution is 5.93. The van der Waals surface area contributed by atoms with Crippen molar-refractivity contribution in [3.8, 4) is 0 Å². The number of amides is 2. The van der Waals surface area contributed by atoms with Crippen LogP contribution in [0.1, 0.15) is 94.5 Å². The van der Waals surface area contributed by atoms with Gasteiger partial charge in [-0.25, -0.2) is 4.79 Å². The van der Waals surface area contributed by atoms with Crippen LogP contribution in [0.25, 0.3) is 0 Å². The lowest BCUT2D eigenvalue weighted by atomic mass is 9.88. The lowest BCUT2D eigenvalue weighted by molar-refractivity contribution is -0.0406. The number of carbonyl (C=O) groups excluding carboxylic acids is 2. The Balaban J connectivity index is 1.52. The zero-order valence-corrected chi connectivity index (χ0v) is 23.3. The van der Waals surface area contributed by atoms with Crippen LogP contribution in [0, 0.1) is 0 Å². The van der Waals surface area contributed by atoms with Crippen molar-refractivity contribution in [1.82, 2.24) is 14.8 Å². The highest BCUT2D eigenvalue weighted by atomic mass is 16.6. The zero-order valence-electron chi connectivity index (χ0n) is 23.3. The van der Waals surface area contributed by atoms with Gasteiger partial charge in [0.05, 0.1) is 12.2 Å². The van der Waals surface area contributed by atoms with Crippen molar-refractivity contribution < 1.29 is 19.1 Å². The second kappa shape index (κ2) is 10.9. The predicted octanol–water partition coefficient (Wildman–Crippen LogP) is 6.08. The summed E-state index contributed by atoms with van der Waals surface area (Å²) in [6, 6.07) is 12.1. The Hall–Kier alpha value is -2.80. The number of benzene rings is 1. The number of H-pyrrole nitrogens is 1. The summed E-state index contributed by atoms with van der Waals surface area (Å²) in [5, 5.41) is 0. The third-order valence-corrected chi connectivity index (χ3v) is 7.37. The fourth-order valence-electron chi connectivity index (χ4n) is 5.56. The number of rotatable bonds is 6. The van der Waals surface area contributed by atoms with Crippen molar-refractivity contribution in [3.05, 3.63) is 58.9 Å². The number of hydrogen-bond donors (Lipinski definition) is 1. The molecule has 1 aliphatic carbocycles.